The molecular formula is C22H18Cl2N2O. The number of benzene rings is 3. The van der Waals surface area contributed by atoms with Gasteiger partial charge in [-0.3, -0.25) is 5.01 Å². The lowest BCUT2D eigenvalue weighted by Crippen LogP contribution is -2.19. The van der Waals surface area contributed by atoms with Crippen LogP contribution in [0.25, 0.3) is 0 Å². The average Bonchev–Trinajstić information content (AvgIpc) is 3.13. The van der Waals surface area contributed by atoms with Crippen LogP contribution in [0.3, 0.4) is 0 Å². The monoisotopic (exact) mass is 396 g/mol. The molecule has 0 aromatic heterocycles. The number of ether oxygens (including phenoxy) is 1. The normalized spacial score (nSPS) is 16.3. The minimum atomic E-state index is -0.0430. The Morgan fingerprint density at radius 1 is 0.889 bits per heavy atom. The van der Waals surface area contributed by atoms with Crippen molar-refractivity contribution in [2.24, 2.45) is 5.10 Å². The van der Waals surface area contributed by atoms with Gasteiger partial charge in [0, 0.05) is 17.0 Å². The third kappa shape index (κ3) is 3.41. The summed E-state index contributed by atoms with van der Waals surface area (Å²) in [5.41, 5.74) is 3.80. The van der Waals surface area contributed by atoms with Crippen molar-refractivity contribution in [2.45, 2.75) is 12.5 Å². The van der Waals surface area contributed by atoms with Crippen LogP contribution in [0, 0.1) is 0 Å². The molecule has 4 rings (SSSR count). The van der Waals surface area contributed by atoms with Gasteiger partial charge in [-0.15, -0.1) is 0 Å². The van der Waals surface area contributed by atoms with Gasteiger partial charge in [0.15, 0.2) is 0 Å². The second-order valence-electron chi connectivity index (χ2n) is 6.28. The van der Waals surface area contributed by atoms with Crippen molar-refractivity contribution in [2.75, 3.05) is 12.1 Å². The number of hydrogen-bond acceptors (Lipinski definition) is 3. The molecule has 3 aromatic rings. The molecule has 0 amide bonds. The van der Waals surface area contributed by atoms with Gasteiger partial charge in [-0.05, 0) is 35.9 Å². The first-order valence-corrected chi connectivity index (χ1v) is 9.43. The summed E-state index contributed by atoms with van der Waals surface area (Å²) in [6.45, 7) is 0. The highest BCUT2D eigenvalue weighted by molar-refractivity contribution is 6.33. The Kier molecular flexibility index (Phi) is 5.06. The van der Waals surface area contributed by atoms with E-state index in [1.807, 2.05) is 77.8 Å². The molecule has 1 heterocycles. The third-order valence-electron chi connectivity index (χ3n) is 4.69. The van der Waals surface area contributed by atoms with Crippen LogP contribution < -0.4 is 9.75 Å². The van der Waals surface area contributed by atoms with Crippen LogP contribution in [0.2, 0.25) is 10.0 Å². The minimum absolute atomic E-state index is 0.0430. The molecule has 5 heteroatoms. The van der Waals surface area contributed by atoms with Crippen molar-refractivity contribution in [1.29, 1.82) is 0 Å². The lowest BCUT2D eigenvalue weighted by Gasteiger charge is -2.25. The van der Waals surface area contributed by atoms with Gasteiger partial charge in [-0.1, -0.05) is 65.7 Å². The molecule has 3 nitrogen and oxygen atoms in total. The van der Waals surface area contributed by atoms with Gasteiger partial charge in [0.1, 0.15) is 5.75 Å². The number of nitrogens with zero attached hydrogens (tertiary/aromatic N) is 2. The number of hydrogen-bond donors (Lipinski definition) is 0. The minimum Gasteiger partial charge on any atom is -0.496 e. The Balaban J connectivity index is 1.83. The number of methoxy groups -OCH3 is 1. The number of para-hydroxylation sites is 2. The number of anilines is 1. The first kappa shape index (κ1) is 17.9. The number of hydrazone groups is 1. The van der Waals surface area contributed by atoms with Crippen LogP contribution in [0.4, 0.5) is 5.69 Å². The summed E-state index contributed by atoms with van der Waals surface area (Å²) >= 11 is 13.0. The standard InChI is InChI=1S/C22H18Cl2N2O/c1-27-22-13-7-3-9-16(22)19-14-21(15-8-2-4-10-17(15)23)26(25-19)20-12-6-5-11-18(20)24/h2-13,21H,14H2,1H3. The van der Waals surface area contributed by atoms with Crippen molar-refractivity contribution < 1.29 is 4.74 Å². The van der Waals surface area contributed by atoms with Gasteiger partial charge in [-0.25, -0.2) is 0 Å². The highest BCUT2D eigenvalue weighted by atomic mass is 35.5. The summed E-state index contributed by atoms with van der Waals surface area (Å²) in [6, 6.07) is 23.5. The van der Waals surface area contributed by atoms with E-state index < -0.39 is 0 Å². The predicted octanol–water partition coefficient (Wildman–Crippen LogP) is 6.36. The summed E-state index contributed by atoms with van der Waals surface area (Å²) in [5.74, 6) is 0.801. The van der Waals surface area contributed by atoms with E-state index in [1.54, 1.807) is 7.11 Å². The molecule has 3 aromatic carbocycles. The molecule has 27 heavy (non-hydrogen) atoms. The van der Waals surface area contributed by atoms with E-state index in [0.29, 0.717) is 11.4 Å². The first-order valence-electron chi connectivity index (χ1n) is 8.68. The molecule has 0 spiro atoms. The lowest BCUT2D eigenvalue weighted by molar-refractivity contribution is 0.414. The molecular weight excluding hydrogens is 379 g/mol. The van der Waals surface area contributed by atoms with Gasteiger partial charge >= 0.3 is 0 Å². The maximum absolute atomic E-state index is 6.51. The summed E-state index contributed by atoms with van der Waals surface area (Å²) in [4.78, 5) is 0. The largest absolute Gasteiger partial charge is 0.496 e. The van der Waals surface area contributed by atoms with Crippen molar-refractivity contribution >= 4 is 34.6 Å². The SMILES string of the molecule is COc1ccccc1C1=NN(c2ccccc2Cl)C(c2ccccc2Cl)C1. The van der Waals surface area contributed by atoms with Gasteiger partial charge in [-0.2, -0.15) is 5.10 Å². The van der Waals surface area contributed by atoms with Crippen LogP contribution in [-0.2, 0) is 0 Å². The third-order valence-corrected chi connectivity index (χ3v) is 5.36. The van der Waals surface area contributed by atoms with Crippen molar-refractivity contribution in [1.82, 2.24) is 0 Å². The average molecular weight is 397 g/mol. The highest BCUT2D eigenvalue weighted by Crippen LogP contribution is 2.42. The van der Waals surface area contributed by atoms with Crippen LogP contribution in [-0.4, -0.2) is 12.8 Å². The van der Waals surface area contributed by atoms with E-state index in [4.69, 9.17) is 33.0 Å². The Hall–Kier alpha value is -2.49. The summed E-state index contributed by atoms with van der Waals surface area (Å²) in [7, 11) is 1.67. The molecule has 0 aliphatic carbocycles. The van der Waals surface area contributed by atoms with Crippen molar-refractivity contribution in [3.05, 3.63) is 94.0 Å². The number of rotatable bonds is 4. The molecule has 0 radical (unpaired) electrons. The Labute approximate surface area is 168 Å². The summed E-state index contributed by atoms with van der Waals surface area (Å²) in [6.07, 6.45) is 0.704. The smallest absolute Gasteiger partial charge is 0.127 e. The van der Waals surface area contributed by atoms with Gasteiger partial charge in [0.25, 0.3) is 0 Å². The fourth-order valence-electron chi connectivity index (χ4n) is 3.40. The molecule has 1 unspecified atom stereocenters. The molecule has 136 valence electrons. The Morgan fingerprint density at radius 3 is 2.30 bits per heavy atom. The van der Waals surface area contributed by atoms with E-state index in [-0.39, 0.29) is 6.04 Å². The molecule has 0 saturated carbocycles. The van der Waals surface area contributed by atoms with Crippen LogP contribution in [0.5, 0.6) is 5.75 Å². The zero-order chi connectivity index (χ0) is 18.8. The molecule has 1 aliphatic heterocycles. The highest BCUT2D eigenvalue weighted by Gasteiger charge is 2.33. The van der Waals surface area contributed by atoms with E-state index in [0.717, 1.165) is 33.3 Å². The fourth-order valence-corrected chi connectivity index (χ4v) is 3.89. The second-order valence-corrected chi connectivity index (χ2v) is 7.10. The molecule has 0 saturated heterocycles. The van der Waals surface area contributed by atoms with Crippen LogP contribution in [0.1, 0.15) is 23.6 Å². The maximum atomic E-state index is 6.51. The quantitative estimate of drug-likeness (QED) is 0.512. The fraction of sp³-hybridized carbons (Fsp3) is 0.136. The zero-order valence-corrected chi connectivity index (χ0v) is 16.3. The Morgan fingerprint density at radius 2 is 1.56 bits per heavy atom. The predicted molar refractivity (Wildman–Crippen MR) is 112 cm³/mol. The molecule has 1 aliphatic rings. The van der Waals surface area contributed by atoms with Gasteiger partial charge < -0.3 is 4.74 Å². The van der Waals surface area contributed by atoms with Gasteiger partial charge in [0.2, 0.25) is 0 Å². The first-order chi connectivity index (χ1) is 13.2. The van der Waals surface area contributed by atoms with Gasteiger partial charge in [0.05, 0.1) is 29.6 Å². The van der Waals surface area contributed by atoms with Crippen LogP contribution in [0.15, 0.2) is 77.9 Å². The summed E-state index contributed by atoms with van der Waals surface area (Å²) < 4.78 is 5.54. The lowest BCUT2D eigenvalue weighted by atomic mass is 9.97. The van der Waals surface area contributed by atoms with E-state index in [2.05, 4.69) is 0 Å². The van der Waals surface area contributed by atoms with Crippen molar-refractivity contribution in [3.63, 3.8) is 0 Å². The molecule has 1 atom stereocenters. The number of halogens is 2. The maximum Gasteiger partial charge on any atom is 0.127 e. The molecule has 0 bridgehead atoms. The second kappa shape index (κ2) is 7.63. The van der Waals surface area contributed by atoms with Crippen LogP contribution >= 0.6 is 23.2 Å². The van der Waals surface area contributed by atoms with E-state index in [1.165, 1.54) is 0 Å². The molecule has 0 N–H and O–H groups in total. The van der Waals surface area contributed by atoms with E-state index in [9.17, 15) is 0 Å². The topological polar surface area (TPSA) is 24.8 Å². The summed E-state index contributed by atoms with van der Waals surface area (Å²) in [5, 5.41) is 8.26. The van der Waals surface area contributed by atoms with Crippen molar-refractivity contribution in [3.8, 4) is 5.75 Å². The molecule has 0 fully saturated rings. The van der Waals surface area contributed by atoms with E-state index >= 15 is 0 Å². The Bertz CT molecular complexity index is 1000. The zero-order valence-electron chi connectivity index (χ0n) is 14.8.